The zero-order valence-corrected chi connectivity index (χ0v) is 17.2. The van der Waals surface area contributed by atoms with Crippen molar-refractivity contribution in [1.82, 2.24) is 15.5 Å². The van der Waals surface area contributed by atoms with Crippen LogP contribution in [-0.2, 0) is 4.79 Å². The first-order valence-corrected chi connectivity index (χ1v) is 10.3. The highest BCUT2D eigenvalue weighted by Crippen LogP contribution is 2.23. The molecule has 1 aromatic rings. The molecule has 2 unspecified atom stereocenters. The van der Waals surface area contributed by atoms with Crippen molar-refractivity contribution in [3.05, 3.63) is 35.9 Å². The molecule has 0 saturated carbocycles. The minimum absolute atomic E-state index is 0.0847. The van der Waals surface area contributed by atoms with Crippen molar-refractivity contribution in [2.24, 2.45) is 11.8 Å². The monoisotopic (exact) mass is 373 g/mol. The molecule has 0 aliphatic carbocycles. The summed E-state index contributed by atoms with van der Waals surface area (Å²) in [5.74, 6) is 0.667. The van der Waals surface area contributed by atoms with E-state index in [1.165, 1.54) is 5.56 Å². The van der Waals surface area contributed by atoms with E-state index in [1.54, 1.807) is 0 Å². The molecule has 1 aromatic carbocycles. The summed E-state index contributed by atoms with van der Waals surface area (Å²) in [5, 5.41) is 6.08. The lowest BCUT2D eigenvalue weighted by Gasteiger charge is -2.28. The highest BCUT2D eigenvalue weighted by atomic mass is 16.2. The van der Waals surface area contributed by atoms with Gasteiger partial charge in [0.1, 0.15) is 6.04 Å². The zero-order chi connectivity index (χ0) is 19.8. The van der Waals surface area contributed by atoms with E-state index in [2.05, 4.69) is 36.6 Å². The van der Waals surface area contributed by atoms with Crippen molar-refractivity contribution in [2.45, 2.75) is 58.9 Å². The first kappa shape index (κ1) is 21.3. The van der Waals surface area contributed by atoms with Crippen molar-refractivity contribution < 1.29 is 9.59 Å². The molecule has 5 heteroatoms. The first-order valence-electron chi connectivity index (χ1n) is 10.3. The van der Waals surface area contributed by atoms with E-state index < -0.39 is 6.04 Å². The third-order valence-electron chi connectivity index (χ3n) is 5.70. The number of rotatable bonds is 8. The summed E-state index contributed by atoms with van der Waals surface area (Å²) in [5.41, 5.74) is 1.23. The van der Waals surface area contributed by atoms with Gasteiger partial charge in [0.05, 0.1) is 0 Å². The quantitative estimate of drug-likeness (QED) is 0.729. The molecule has 150 valence electrons. The summed E-state index contributed by atoms with van der Waals surface area (Å²) in [7, 11) is 0. The van der Waals surface area contributed by atoms with Gasteiger partial charge in [0, 0.05) is 25.6 Å². The third-order valence-corrected chi connectivity index (χ3v) is 5.70. The lowest BCUT2D eigenvalue weighted by atomic mass is 9.88. The van der Waals surface area contributed by atoms with E-state index in [0.29, 0.717) is 12.5 Å². The third kappa shape index (κ3) is 5.98. The number of amides is 3. The topological polar surface area (TPSA) is 61.4 Å². The maximum Gasteiger partial charge on any atom is 0.318 e. The number of urea groups is 1. The highest BCUT2D eigenvalue weighted by Gasteiger charge is 2.29. The molecule has 1 saturated heterocycles. The molecule has 1 aliphatic heterocycles. The average Bonchev–Trinajstić information content (AvgIpc) is 3.20. The predicted molar refractivity (Wildman–Crippen MR) is 110 cm³/mol. The molecule has 5 nitrogen and oxygen atoms in total. The van der Waals surface area contributed by atoms with Crippen LogP contribution in [0, 0.1) is 11.8 Å². The van der Waals surface area contributed by atoms with Crippen LogP contribution in [0.15, 0.2) is 30.3 Å². The van der Waals surface area contributed by atoms with Crippen LogP contribution in [0.5, 0.6) is 0 Å². The van der Waals surface area contributed by atoms with Crippen molar-refractivity contribution >= 4 is 11.9 Å². The van der Waals surface area contributed by atoms with Gasteiger partial charge in [0.2, 0.25) is 5.91 Å². The normalized spacial score (nSPS) is 17.4. The fourth-order valence-corrected chi connectivity index (χ4v) is 3.61. The van der Waals surface area contributed by atoms with Crippen LogP contribution in [0.2, 0.25) is 0 Å². The zero-order valence-electron chi connectivity index (χ0n) is 17.2. The summed E-state index contributed by atoms with van der Waals surface area (Å²) in [6.45, 7) is 10.6. The van der Waals surface area contributed by atoms with Crippen LogP contribution >= 0.6 is 0 Å². The number of likely N-dealkylation sites (tertiary alicyclic amines) is 1. The van der Waals surface area contributed by atoms with Crippen LogP contribution in [0.4, 0.5) is 4.79 Å². The summed E-state index contributed by atoms with van der Waals surface area (Å²) in [6, 6.07) is 9.68. The highest BCUT2D eigenvalue weighted by molar-refractivity contribution is 5.87. The lowest BCUT2D eigenvalue weighted by molar-refractivity contribution is -0.124. The Morgan fingerprint density at radius 2 is 1.70 bits per heavy atom. The van der Waals surface area contributed by atoms with E-state index in [4.69, 9.17) is 0 Å². The predicted octanol–water partition coefficient (Wildman–Crippen LogP) is 3.76. The van der Waals surface area contributed by atoms with Crippen LogP contribution in [-0.4, -0.2) is 42.5 Å². The van der Waals surface area contributed by atoms with E-state index in [-0.39, 0.29) is 23.8 Å². The fourth-order valence-electron chi connectivity index (χ4n) is 3.61. The van der Waals surface area contributed by atoms with Gasteiger partial charge >= 0.3 is 6.03 Å². The van der Waals surface area contributed by atoms with Gasteiger partial charge in [-0.3, -0.25) is 4.79 Å². The molecule has 3 atom stereocenters. The molecule has 27 heavy (non-hydrogen) atoms. The molecule has 0 spiro atoms. The fraction of sp³-hybridized carbons (Fsp3) is 0.636. The van der Waals surface area contributed by atoms with Crippen molar-refractivity contribution in [2.75, 3.05) is 19.6 Å². The number of nitrogens with zero attached hydrogens (tertiary/aromatic N) is 1. The van der Waals surface area contributed by atoms with E-state index >= 15 is 0 Å². The molecule has 3 amide bonds. The Bertz CT molecular complexity index is 597. The van der Waals surface area contributed by atoms with Gasteiger partial charge in [-0.25, -0.2) is 4.79 Å². The number of hydrogen-bond acceptors (Lipinski definition) is 2. The molecule has 1 fully saturated rings. The largest absolute Gasteiger partial charge is 0.354 e. The number of benzene rings is 1. The molecular weight excluding hydrogens is 338 g/mol. The second-order valence-corrected chi connectivity index (χ2v) is 8.01. The number of carbonyl (C=O) groups is 2. The second kappa shape index (κ2) is 10.3. The Balaban J connectivity index is 2.00. The van der Waals surface area contributed by atoms with Gasteiger partial charge in [0.15, 0.2) is 0 Å². The van der Waals surface area contributed by atoms with Crippen molar-refractivity contribution in [3.8, 4) is 0 Å². The molecule has 0 bridgehead atoms. The summed E-state index contributed by atoms with van der Waals surface area (Å²) in [4.78, 5) is 27.2. The van der Waals surface area contributed by atoms with Gasteiger partial charge < -0.3 is 15.5 Å². The molecule has 0 radical (unpaired) electrons. The molecule has 0 aromatic heterocycles. The summed E-state index contributed by atoms with van der Waals surface area (Å²) >= 11 is 0. The number of hydrogen-bond donors (Lipinski definition) is 2. The van der Waals surface area contributed by atoms with Crippen LogP contribution in [0.1, 0.15) is 58.4 Å². The second-order valence-electron chi connectivity index (χ2n) is 8.01. The van der Waals surface area contributed by atoms with Crippen molar-refractivity contribution in [3.63, 3.8) is 0 Å². The van der Waals surface area contributed by atoms with Gasteiger partial charge in [-0.15, -0.1) is 0 Å². The summed E-state index contributed by atoms with van der Waals surface area (Å²) < 4.78 is 0. The Morgan fingerprint density at radius 1 is 1.07 bits per heavy atom. The SMILES string of the molecule is CCC(C)[C@H](NC(=O)N1CCCC1)C(=O)NCC(c1ccccc1)C(C)C. The Kier molecular flexibility index (Phi) is 8.14. The standard InChI is InChI=1S/C22H35N3O2/c1-5-17(4)20(24-22(27)25-13-9-10-14-25)21(26)23-15-19(16(2)3)18-11-7-6-8-12-18/h6-8,11-12,16-17,19-20H,5,9-10,13-15H2,1-4H3,(H,23,26)(H,24,27)/t17?,19?,20-/m0/s1. The van der Waals surface area contributed by atoms with Gasteiger partial charge in [0.25, 0.3) is 0 Å². The van der Waals surface area contributed by atoms with Crippen LogP contribution in [0.3, 0.4) is 0 Å². The van der Waals surface area contributed by atoms with Gasteiger partial charge in [-0.1, -0.05) is 64.4 Å². The lowest BCUT2D eigenvalue weighted by Crippen LogP contribution is -2.54. The molecule has 2 N–H and O–H groups in total. The average molecular weight is 374 g/mol. The van der Waals surface area contributed by atoms with Gasteiger partial charge in [-0.05, 0) is 30.2 Å². The first-order chi connectivity index (χ1) is 12.9. The Hall–Kier alpha value is -2.04. The Labute approximate surface area is 163 Å². The maximum atomic E-state index is 12.9. The molecule has 2 rings (SSSR count). The van der Waals surface area contributed by atoms with Crippen LogP contribution in [0.25, 0.3) is 0 Å². The van der Waals surface area contributed by atoms with E-state index in [1.807, 2.05) is 36.9 Å². The minimum Gasteiger partial charge on any atom is -0.354 e. The number of carbonyl (C=O) groups excluding carboxylic acids is 2. The van der Waals surface area contributed by atoms with Crippen molar-refractivity contribution in [1.29, 1.82) is 0 Å². The van der Waals surface area contributed by atoms with Crippen LogP contribution < -0.4 is 10.6 Å². The summed E-state index contributed by atoms with van der Waals surface area (Å²) in [6.07, 6.45) is 2.92. The maximum absolute atomic E-state index is 12.9. The number of nitrogens with one attached hydrogen (secondary N) is 2. The van der Waals surface area contributed by atoms with Gasteiger partial charge in [-0.2, -0.15) is 0 Å². The molecular formula is C22H35N3O2. The minimum atomic E-state index is -0.494. The molecule has 1 aliphatic rings. The van der Waals surface area contributed by atoms with E-state index in [9.17, 15) is 9.59 Å². The smallest absolute Gasteiger partial charge is 0.318 e. The van der Waals surface area contributed by atoms with E-state index in [0.717, 1.165) is 32.4 Å². The molecule has 1 heterocycles. The Morgan fingerprint density at radius 3 is 2.26 bits per heavy atom.